The Morgan fingerprint density at radius 3 is 2.72 bits per heavy atom. The van der Waals surface area contributed by atoms with E-state index < -0.39 is 22.9 Å². The Kier molecular flexibility index (Phi) is 5.38. The van der Waals surface area contributed by atoms with Crippen LogP contribution in [-0.4, -0.2) is 23.4 Å². The molecule has 0 aromatic heterocycles. The largest absolute Gasteiger partial charge is 0.489 e. The summed E-state index contributed by atoms with van der Waals surface area (Å²) in [6.07, 6.45) is -0.704. The number of carbonyl (C=O) groups excluding carboxylic acids is 2. The van der Waals surface area contributed by atoms with Gasteiger partial charge in [0.1, 0.15) is 12.4 Å². The average molecular weight is 405 g/mol. The summed E-state index contributed by atoms with van der Waals surface area (Å²) in [7, 11) is 0. The molecule has 5 nitrogen and oxygen atoms in total. The summed E-state index contributed by atoms with van der Waals surface area (Å²) in [6, 6.07) is 14.9. The smallest absolute Gasteiger partial charge is 0.339 e. The Bertz CT molecular complexity index is 775. The van der Waals surface area contributed by atoms with Crippen molar-refractivity contribution in [3.63, 3.8) is 0 Å². The molecule has 3 rings (SSSR count). The molecule has 1 heterocycles. The van der Waals surface area contributed by atoms with Crippen LogP contribution in [0.25, 0.3) is 0 Å². The number of benzene rings is 2. The molecule has 0 saturated carbocycles. The molecule has 0 spiro atoms. The molecule has 2 aromatic carbocycles. The standard InChI is InChI=1S/C19H17BrO5/c1-2-23-19(22)16(20)17-14-9-8-13(10-15(14)18(21)25-17)24-11-12-6-4-3-5-7-12/h3-10,16-17H,2,11H2,1H3/t16-,17-/m0/s1. The molecule has 0 unspecified atom stereocenters. The van der Waals surface area contributed by atoms with Gasteiger partial charge in [-0.3, -0.25) is 4.79 Å². The topological polar surface area (TPSA) is 61.8 Å². The molecule has 6 heteroatoms. The summed E-state index contributed by atoms with van der Waals surface area (Å²) in [5, 5.41) is 0. The normalized spacial score (nSPS) is 16.7. The summed E-state index contributed by atoms with van der Waals surface area (Å²) in [5.74, 6) is -0.362. The van der Waals surface area contributed by atoms with Crippen LogP contribution in [0.1, 0.15) is 34.5 Å². The fourth-order valence-electron chi connectivity index (χ4n) is 2.60. The number of ether oxygens (including phenoxy) is 3. The lowest BCUT2D eigenvalue weighted by Crippen LogP contribution is -2.24. The van der Waals surface area contributed by atoms with Gasteiger partial charge in [0.25, 0.3) is 0 Å². The number of fused-ring (bicyclic) bond motifs is 1. The third-order valence-electron chi connectivity index (χ3n) is 3.81. The van der Waals surface area contributed by atoms with E-state index in [9.17, 15) is 9.59 Å². The predicted octanol–water partition coefficient (Wildman–Crippen LogP) is 3.80. The van der Waals surface area contributed by atoms with Crippen LogP contribution in [0, 0.1) is 0 Å². The summed E-state index contributed by atoms with van der Waals surface area (Å²) in [6.45, 7) is 2.39. The first kappa shape index (κ1) is 17.5. The van der Waals surface area contributed by atoms with Gasteiger partial charge in [0.15, 0.2) is 10.9 Å². The van der Waals surface area contributed by atoms with Crippen molar-refractivity contribution in [2.45, 2.75) is 24.5 Å². The molecule has 1 aliphatic rings. The summed E-state index contributed by atoms with van der Waals surface area (Å²) < 4.78 is 16.0. The molecule has 2 aromatic rings. The Balaban J connectivity index is 1.75. The van der Waals surface area contributed by atoms with Crippen LogP contribution in [0.5, 0.6) is 5.75 Å². The first-order chi connectivity index (χ1) is 12.1. The lowest BCUT2D eigenvalue weighted by atomic mass is 10.0. The Morgan fingerprint density at radius 1 is 1.24 bits per heavy atom. The molecule has 0 radical (unpaired) electrons. The minimum absolute atomic E-state index is 0.265. The van der Waals surface area contributed by atoms with Gasteiger partial charge in [-0.2, -0.15) is 0 Å². The van der Waals surface area contributed by atoms with E-state index in [-0.39, 0.29) is 6.61 Å². The van der Waals surface area contributed by atoms with Crippen LogP contribution in [0.15, 0.2) is 48.5 Å². The average Bonchev–Trinajstić information content (AvgIpc) is 2.97. The first-order valence-corrected chi connectivity index (χ1v) is 8.84. The van der Waals surface area contributed by atoms with Crippen LogP contribution < -0.4 is 4.74 Å². The van der Waals surface area contributed by atoms with Gasteiger partial charge in [-0.15, -0.1) is 0 Å². The second-order valence-corrected chi connectivity index (χ2v) is 6.49. The van der Waals surface area contributed by atoms with Crippen LogP contribution in [0.3, 0.4) is 0 Å². The number of cyclic esters (lactones) is 1. The number of esters is 2. The van der Waals surface area contributed by atoms with Crippen molar-refractivity contribution in [2.24, 2.45) is 0 Å². The fraction of sp³-hybridized carbons (Fsp3) is 0.263. The highest BCUT2D eigenvalue weighted by Gasteiger charge is 2.39. The second kappa shape index (κ2) is 7.70. The van der Waals surface area contributed by atoms with Crippen molar-refractivity contribution in [1.82, 2.24) is 0 Å². The van der Waals surface area contributed by atoms with Gasteiger partial charge >= 0.3 is 11.9 Å². The maximum Gasteiger partial charge on any atom is 0.339 e. The first-order valence-electron chi connectivity index (χ1n) is 7.92. The number of halogens is 1. The highest BCUT2D eigenvalue weighted by atomic mass is 79.9. The SMILES string of the molecule is CCOC(=O)[C@@H](Br)[C@H]1OC(=O)c2cc(OCc3ccccc3)ccc21. The van der Waals surface area contributed by atoms with Gasteiger partial charge in [-0.1, -0.05) is 52.3 Å². The number of hydrogen-bond acceptors (Lipinski definition) is 5. The predicted molar refractivity (Wildman–Crippen MR) is 94.7 cm³/mol. The lowest BCUT2D eigenvalue weighted by Gasteiger charge is -2.16. The van der Waals surface area contributed by atoms with Crippen molar-refractivity contribution in [3.05, 3.63) is 65.2 Å². The van der Waals surface area contributed by atoms with Gasteiger partial charge in [-0.25, -0.2) is 4.79 Å². The van der Waals surface area contributed by atoms with Gasteiger partial charge in [0.2, 0.25) is 0 Å². The molecule has 130 valence electrons. The molecule has 0 amide bonds. The molecule has 2 atom stereocenters. The number of carbonyl (C=O) groups is 2. The maximum absolute atomic E-state index is 12.1. The molecule has 0 fully saturated rings. The molecule has 1 aliphatic heterocycles. The number of alkyl halides is 1. The zero-order valence-electron chi connectivity index (χ0n) is 13.6. The third kappa shape index (κ3) is 3.85. The van der Waals surface area contributed by atoms with E-state index in [4.69, 9.17) is 14.2 Å². The van der Waals surface area contributed by atoms with Crippen molar-refractivity contribution in [3.8, 4) is 5.75 Å². The third-order valence-corrected chi connectivity index (χ3v) is 4.67. The van der Waals surface area contributed by atoms with Crippen LogP contribution >= 0.6 is 15.9 Å². The highest BCUT2D eigenvalue weighted by Crippen LogP contribution is 2.38. The second-order valence-electron chi connectivity index (χ2n) is 5.50. The Labute approximate surface area is 154 Å². The molecule has 25 heavy (non-hydrogen) atoms. The van der Waals surface area contributed by atoms with E-state index in [1.807, 2.05) is 30.3 Å². The molecule has 0 N–H and O–H groups in total. The maximum atomic E-state index is 12.1. The van der Waals surface area contributed by atoms with Crippen molar-refractivity contribution in [1.29, 1.82) is 0 Å². The van der Waals surface area contributed by atoms with Crippen molar-refractivity contribution < 1.29 is 23.8 Å². The monoisotopic (exact) mass is 404 g/mol. The van der Waals surface area contributed by atoms with E-state index >= 15 is 0 Å². The molecular weight excluding hydrogens is 388 g/mol. The van der Waals surface area contributed by atoms with Crippen molar-refractivity contribution >= 4 is 27.9 Å². The molecule has 0 bridgehead atoms. The van der Waals surface area contributed by atoms with E-state index in [1.54, 1.807) is 25.1 Å². The van der Waals surface area contributed by atoms with Crippen LogP contribution in [-0.2, 0) is 20.9 Å². The van der Waals surface area contributed by atoms with Gasteiger partial charge in [0, 0.05) is 5.56 Å². The lowest BCUT2D eigenvalue weighted by molar-refractivity contribution is -0.144. The van der Waals surface area contributed by atoms with Gasteiger partial charge < -0.3 is 14.2 Å². The molecule has 0 saturated heterocycles. The quantitative estimate of drug-likeness (QED) is 0.541. The fourth-order valence-corrected chi connectivity index (χ4v) is 3.12. The molecular formula is C19H17BrO5. The molecule has 0 aliphatic carbocycles. The summed E-state index contributed by atoms with van der Waals surface area (Å²) in [5.41, 5.74) is 2.09. The van der Waals surface area contributed by atoms with Gasteiger partial charge in [0.05, 0.1) is 12.2 Å². The summed E-state index contributed by atoms with van der Waals surface area (Å²) in [4.78, 5) is 23.3. The zero-order valence-corrected chi connectivity index (χ0v) is 15.2. The van der Waals surface area contributed by atoms with E-state index in [0.717, 1.165) is 5.56 Å². The number of rotatable bonds is 6. The van der Waals surface area contributed by atoms with E-state index in [2.05, 4.69) is 15.9 Å². The van der Waals surface area contributed by atoms with Gasteiger partial charge in [-0.05, 0) is 24.6 Å². The highest BCUT2D eigenvalue weighted by molar-refractivity contribution is 9.10. The van der Waals surface area contributed by atoms with E-state index in [0.29, 0.717) is 23.5 Å². The Hall–Kier alpha value is -2.34. The van der Waals surface area contributed by atoms with E-state index in [1.165, 1.54) is 0 Å². The van der Waals surface area contributed by atoms with Crippen molar-refractivity contribution in [2.75, 3.05) is 6.61 Å². The Morgan fingerprint density at radius 2 is 2.00 bits per heavy atom. The van der Waals surface area contributed by atoms with Crippen LogP contribution in [0.4, 0.5) is 0 Å². The van der Waals surface area contributed by atoms with Crippen LogP contribution in [0.2, 0.25) is 0 Å². The summed E-state index contributed by atoms with van der Waals surface area (Å²) >= 11 is 3.27. The minimum atomic E-state index is -0.742. The zero-order chi connectivity index (χ0) is 17.8. The minimum Gasteiger partial charge on any atom is -0.489 e. The number of hydrogen-bond donors (Lipinski definition) is 0.